The van der Waals surface area contributed by atoms with Gasteiger partial charge in [0.05, 0.1) is 0 Å². The van der Waals surface area contributed by atoms with Crippen molar-refractivity contribution in [3.8, 4) is 33.6 Å². The first-order chi connectivity index (χ1) is 42.0. The third-order valence-corrected chi connectivity index (χ3v) is 27.1. The molecule has 5 nitrogen and oxygen atoms in total. The second-order valence-electron chi connectivity index (χ2n) is 23.0. The summed E-state index contributed by atoms with van der Waals surface area (Å²) in [6.45, 7) is 0. The van der Waals surface area contributed by atoms with Crippen molar-refractivity contribution < 1.29 is 13.4 Å². The molecule has 0 aliphatic carbocycles. The first kappa shape index (κ1) is 48.1. The molecule has 0 radical (unpaired) electrons. The molecule has 0 spiro atoms. The molecule has 16 bridgehead atoms. The summed E-state index contributed by atoms with van der Waals surface area (Å²) in [5, 5.41) is 16.0. The van der Waals surface area contributed by atoms with Gasteiger partial charge in [-0.2, -0.15) is 0 Å². The Morgan fingerprint density at radius 3 is 0.988 bits per heavy atom. The van der Waals surface area contributed by atoms with Crippen LogP contribution in [-0.4, -0.2) is 17.2 Å². The quantitative estimate of drug-likeness (QED) is 0.127. The zero-order valence-corrected chi connectivity index (χ0v) is 48.0. The van der Waals surface area contributed by atoms with Gasteiger partial charge in [-0.25, -0.2) is 0 Å². The molecule has 0 atom stereocenters. The summed E-state index contributed by atoms with van der Waals surface area (Å²) in [7, 11) is -7.19. The summed E-state index contributed by atoms with van der Waals surface area (Å²) >= 11 is 0. The van der Waals surface area contributed by atoms with Crippen LogP contribution in [0, 0.1) is 0 Å². The number of nitrogens with zero attached hydrogens (tertiary/aromatic N) is 2. The van der Waals surface area contributed by atoms with Gasteiger partial charge in [0.1, 0.15) is 0 Å². The summed E-state index contributed by atoms with van der Waals surface area (Å²) in [4.78, 5) is 0. The van der Waals surface area contributed by atoms with E-state index >= 15 is 4.57 Å². The molecule has 0 saturated carbocycles. The van der Waals surface area contributed by atoms with Crippen molar-refractivity contribution in [2.24, 2.45) is 0 Å². The van der Waals surface area contributed by atoms with E-state index in [1.54, 1.807) is 0 Å². The Labute approximate surface area is 489 Å². The van der Waals surface area contributed by atoms with E-state index in [0.717, 1.165) is 115 Å². The van der Waals surface area contributed by atoms with Crippen LogP contribution in [0.15, 0.2) is 306 Å². The van der Waals surface area contributed by atoms with E-state index in [9.17, 15) is 0 Å². The fraction of sp³-hybridized carbons (Fsp3) is 0. The molecule has 0 saturated heterocycles. The van der Waals surface area contributed by atoms with E-state index in [0.29, 0.717) is 0 Å². The van der Waals surface area contributed by atoms with Gasteiger partial charge in [-0.3, -0.25) is 0 Å². The van der Waals surface area contributed by atoms with Gasteiger partial charge in [0.15, 0.2) is 7.14 Å². The molecule has 85 heavy (non-hydrogen) atoms. The van der Waals surface area contributed by atoms with Crippen LogP contribution >= 0.6 is 7.14 Å². The predicted molar refractivity (Wildman–Crippen MR) is 359 cm³/mol. The maximum absolute atomic E-state index is 16.6. The Hall–Kier alpha value is -10.5. The normalized spacial score (nSPS) is 15.2. The number of rotatable bonds is 5. The molecule has 0 N–H and O–H groups in total. The second-order valence-corrected chi connectivity index (χ2v) is 30.1. The molecule has 0 unspecified atom stereocenters. The molecule has 400 valence electrons. The van der Waals surface area contributed by atoms with Crippen LogP contribution in [0.4, 0.5) is 0 Å². The Balaban J connectivity index is 0.984. The molecule has 0 fully saturated rings. The van der Waals surface area contributed by atoms with Crippen LogP contribution in [0.5, 0.6) is 0 Å². The van der Waals surface area contributed by atoms with Crippen LogP contribution < -0.4 is 36.7 Å². The number of benzene rings is 13. The standard InChI is InChI=1S/C78H50N2O3PSi/c81-84(56-20-10-3-11-21-56)57-30-40-77-69(46-57)67-44-52(28-38-75(67)82-77)50-26-34-71-63(42-50)65-48-61(32-36-73(65)79(71)54-16-6-1-7-17-54)85(59-22-12-4-13-23-59,60-24-14-5-15-25-60)62-33-37-74-66(49-62)64-43-51(27-35-72(64)80(74)55-18-8-2-9-19-55)53-29-39-76-68(45-53)70-47-58(84)31-41-78(70)83-76/h1-49,85H/q-1. The average molecular weight is 1120 g/mol. The monoisotopic (exact) mass is 1120 g/mol. The van der Waals surface area contributed by atoms with E-state index in [-0.39, 0.29) is 0 Å². The molecule has 5 heterocycles. The zero-order valence-electron chi connectivity index (χ0n) is 45.9. The van der Waals surface area contributed by atoms with Crippen molar-refractivity contribution in [2.45, 2.75) is 0 Å². The SMILES string of the molecule is O=P1(c2ccccc2)c2ccc3oc4ccc(cc4c3c2)-c2ccc3c(c2)c2cc(ccc2n3-c2ccccc2)[SiH-](c2ccccc2)(c2ccccc2)c2ccc3c(c2)c2cc(ccc2n3-c2ccccc2)-c2ccc3oc4ccc1cc4c3c2. The topological polar surface area (TPSA) is 53.2 Å². The van der Waals surface area contributed by atoms with E-state index in [2.05, 4.69) is 252 Å². The number of fused-ring (bicyclic) bond motifs is 10. The van der Waals surface area contributed by atoms with Gasteiger partial charge in [0.2, 0.25) is 0 Å². The number of aromatic nitrogens is 2. The molecule has 0 amide bonds. The molecule has 17 aromatic rings. The number of furan rings is 2. The van der Waals surface area contributed by atoms with Gasteiger partial charge in [0, 0.05) is 5.30 Å². The van der Waals surface area contributed by atoms with Gasteiger partial charge in [-0.1, -0.05) is 30.3 Å². The summed E-state index contributed by atoms with van der Waals surface area (Å²) in [6, 6.07) is 108. The van der Waals surface area contributed by atoms with Crippen LogP contribution in [0.2, 0.25) is 0 Å². The van der Waals surface area contributed by atoms with Gasteiger partial charge in [-0.15, -0.1) is 0 Å². The van der Waals surface area contributed by atoms with Crippen LogP contribution in [0.25, 0.3) is 121 Å². The van der Waals surface area contributed by atoms with Crippen molar-refractivity contribution in [2.75, 3.05) is 0 Å². The van der Waals surface area contributed by atoms with Gasteiger partial charge in [-0.05, 0) is 12.1 Å². The first-order valence-corrected chi connectivity index (χ1v) is 33.1. The van der Waals surface area contributed by atoms with Gasteiger partial charge < -0.3 is 4.57 Å². The van der Waals surface area contributed by atoms with Crippen molar-refractivity contribution >= 4 is 139 Å². The van der Waals surface area contributed by atoms with E-state index < -0.39 is 15.2 Å². The first-order valence-electron chi connectivity index (χ1n) is 29.1. The van der Waals surface area contributed by atoms with Gasteiger partial charge >= 0.3 is 433 Å². The predicted octanol–water partition coefficient (Wildman–Crippen LogP) is 16.1. The summed E-state index contributed by atoms with van der Waals surface area (Å²) in [6.07, 6.45) is 0. The van der Waals surface area contributed by atoms with Crippen molar-refractivity contribution in [3.63, 3.8) is 0 Å². The second kappa shape index (κ2) is 18.3. The van der Waals surface area contributed by atoms with Crippen molar-refractivity contribution in [3.05, 3.63) is 297 Å². The average Bonchev–Trinajstić information content (AvgIpc) is 2.15. The van der Waals surface area contributed by atoms with E-state index in [1.807, 2.05) is 54.6 Å². The minimum atomic E-state index is -3.68. The third kappa shape index (κ3) is 7.01. The van der Waals surface area contributed by atoms with Crippen molar-refractivity contribution in [1.82, 2.24) is 9.13 Å². The Bertz CT molecular complexity index is 5300. The molecule has 13 aromatic carbocycles. The third-order valence-electron chi connectivity index (χ3n) is 18.6. The molecule has 7 heteroatoms. The van der Waals surface area contributed by atoms with Gasteiger partial charge in [0.25, 0.3) is 0 Å². The Morgan fingerprint density at radius 1 is 0.259 bits per heavy atom. The summed E-state index contributed by atoms with van der Waals surface area (Å²) in [5.41, 5.74) is 14.1. The molecular formula is C78H50N2O3PSi-. The Kier molecular flexibility index (Phi) is 10.3. The molecule has 1 aliphatic heterocycles. The molecule has 1 aliphatic rings. The molecule has 4 aromatic heterocycles. The number of hydrogen-bond acceptors (Lipinski definition) is 3. The zero-order chi connectivity index (χ0) is 56.0. The fourth-order valence-electron chi connectivity index (χ4n) is 14.7. The Morgan fingerprint density at radius 2 is 0.576 bits per heavy atom. The van der Waals surface area contributed by atoms with E-state index in [4.69, 9.17) is 8.83 Å². The number of hydrogen-bond donors (Lipinski definition) is 0. The van der Waals surface area contributed by atoms with E-state index in [1.165, 1.54) is 42.3 Å². The minimum absolute atomic E-state index is 0.733. The molecule has 18 rings (SSSR count). The number of para-hydroxylation sites is 2. The maximum atomic E-state index is 16.6. The molecular weight excluding hydrogens is 1070 g/mol. The fourth-order valence-corrected chi connectivity index (χ4v) is 22.9. The van der Waals surface area contributed by atoms with Crippen LogP contribution in [0.3, 0.4) is 0 Å². The van der Waals surface area contributed by atoms with Crippen molar-refractivity contribution in [1.29, 1.82) is 0 Å². The van der Waals surface area contributed by atoms with Crippen LogP contribution in [0.1, 0.15) is 0 Å². The van der Waals surface area contributed by atoms with Crippen LogP contribution in [-0.2, 0) is 4.57 Å². The summed E-state index contributed by atoms with van der Waals surface area (Å²) in [5.74, 6) is 0. The summed E-state index contributed by atoms with van der Waals surface area (Å²) < 4.78 is 34.8.